The van der Waals surface area contributed by atoms with Crippen molar-refractivity contribution in [1.82, 2.24) is 9.13 Å². The van der Waals surface area contributed by atoms with Crippen LogP contribution >= 0.6 is 0 Å². The van der Waals surface area contributed by atoms with Crippen LogP contribution in [0.5, 0.6) is 0 Å². The van der Waals surface area contributed by atoms with E-state index in [0.29, 0.717) is 5.52 Å². The molecule has 0 atom stereocenters. The van der Waals surface area contributed by atoms with E-state index in [0.717, 1.165) is 5.52 Å². The zero-order chi connectivity index (χ0) is 11.0. The Bertz CT molecular complexity index is 580. The van der Waals surface area contributed by atoms with Crippen molar-refractivity contribution in [1.29, 1.82) is 0 Å². The molecule has 0 unspecified atom stereocenters. The number of carbonyl (C=O) groups is 1. The van der Waals surface area contributed by atoms with Crippen LogP contribution in [0.3, 0.4) is 0 Å². The number of para-hydroxylation sites is 2. The third-order valence-corrected chi connectivity index (χ3v) is 2.35. The first-order chi connectivity index (χ1) is 7.11. The zero-order valence-electron chi connectivity index (χ0n) is 8.17. The standard InChI is InChI=1S/C10H10N2O3/c1-11-7-4-2-3-5-8(7)12(10(11)15)6-9(13)14/h2-5H,6H2,1H3,(H,13,14). The second kappa shape index (κ2) is 3.27. The highest BCUT2D eigenvalue weighted by Gasteiger charge is 2.11. The van der Waals surface area contributed by atoms with Gasteiger partial charge in [-0.3, -0.25) is 13.9 Å². The Labute approximate surface area is 85.2 Å². The van der Waals surface area contributed by atoms with Crippen LogP contribution < -0.4 is 5.69 Å². The molecule has 78 valence electrons. The number of carboxylic acids is 1. The molecule has 0 amide bonds. The van der Waals surface area contributed by atoms with E-state index in [9.17, 15) is 9.59 Å². The Morgan fingerprint density at radius 1 is 1.33 bits per heavy atom. The molecule has 0 bridgehead atoms. The van der Waals surface area contributed by atoms with Gasteiger partial charge in [0.15, 0.2) is 0 Å². The van der Waals surface area contributed by atoms with E-state index in [1.165, 1.54) is 9.13 Å². The molecular formula is C10H10N2O3. The van der Waals surface area contributed by atoms with E-state index in [2.05, 4.69) is 0 Å². The van der Waals surface area contributed by atoms with Crippen molar-refractivity contribution in [3.05, 3.63) is 34.7 Å². The van der Waals surface area contributed by atoms with Gasteiger partial charge in [0, 0.05) is 7.05 Å². The summed E-state index contributed by atoms with van der Waals surface area (Å²) in [5.74, 6) is -1.02. The van der Waals surface area contributed by atoms with Gasteiger partial charge in [-0.05, 0) is 12.1 Å². The van der Waals surface area contributed by atoms with Crippen LogP contribution in [0.2, 0.25) is 0 Å². The van der Waals surface area contributed by atoms with Crippen molar-refractivity contribution in [2.45, 2.75) is 6.54 Å². The fraction of sp³-hybridized carbons (Fsp3) is 0.200. The molecule has 1 aromatic heterocycles. The monoisotopic (exact) mass is 206 g/mol. The summed E-state index contributed by atoms with van der Waals surface area (Å²) in [4.78, 5) is 22.3. The normalized spacial score (nSPS) is 10.7. The molecule has 0 aliphatic rings. The lowest BCUT2D eigenvalue weighted by Gasteiger charge is -1.96. The second-order valence-corrected chi connectivity index (χ2v) is 3.31. The molecule has 5 nitrogen and oxygen atoms in total. The number of fused-ring (bicyclic) bond motifs is 1. The minimum Gasteiger partial charge on any atom is -0.480 e. The highest BCUT2D eigenvalue weighted by molar-refractivity contribution is 5.78. The molecule has 1 aromatic carbocycles. The third kappa shape index (κ3) is 1.41. The average Bonchev–Trinajstić information content (AvgIpc) is 2.44. The second-order valence-electron chi connectivity index (χ2n) is 3.31. The van der Waals surface area contributed by atoms with Crippen LogP contribution in [0.4, 0.5) is 0 Å². The van der Waals surface area contributed by atoms with Crippen LogP contribution in [-0.4, -0.2) is 20.2 Å². The van der Waals surface area contributed by atoms with Gasteiger partial charge < -0.3 is 5.11 Å². The van der Waals surface area contributed by atoms with E-state index in [-0.39, 0.29) is 12.2 Å². The topological polar surface area (TPSA) is 64.2 Å². The maximum Gasteiger partial charge on any atom is 0.329 e. The van der Waals surface area contributed by atoms with Gasteiger partial charge in [0.25, 0.3) is 0 Å². The minimum absolute atomic E-state index is 0.305. The van der Waals surface area contributed by atoms with Crippen LogP contribution in [0, 0.1) is 0 Å². The largest absolute Gasteiger partial charge is 0.480 e. The molecule has 1 heterocycles. The van der Waals surface area contributed by atoms with Crippen molar-refractivity contribution in [2.75, 3.05) is 0 Å². The maximum absolute atomic E-state index is 11.7. The lowest BCUT2D eigenvalue weighted by molar-refractivity contribution is -0.137. The first-order valence-corrected chi connectivity index (χ1v) is 4.47. The van der Waals surface area contributed by atoms with E-state index in [1.807, 2.05) is 6.07 Å². The van der Waals surface area contributed by atoms with Gasteiger partial charge in [-0.25, -0.2) is 4.79 Å². The number of hydrogen-bond donors (Lipinski definition) is 1. The van der Waals surface area contributed by atoms with Gasteiger partial charge in [-0.15, -0.1) is 0 Å². The van der Waals surface area contributed by atoms with Crippen LogP contribution in [0.1, 0.15) is 0 Å². The van der Waals surface area contributed by atoms with Gasteiger partial charge in [0.2, 0.25) is 0 Å². The summed E-state index contributed by atoms with van der Waals surface area (Å²) < 4.78 is 2.69. The molecular weight excluding hydrogens is 196 g/mol. The Morgan fingerprint density at radius 3 is 2.53 bits per heavy atom. The molecule has 0 fully saturated rings. The summed E-state index contributed by atoms with van der Waals surface area (Å²) in [7, 11) is 1.63. The van der Waals surface area contributed by atoms with Crippen molar-refractivity contribution >= 4 is 17.0 Å². The van der Waals surface area contributed by atoms with Crippen molar-refractivity contribution in [3.8, 4) is 0 Å². The number of hydrogen-bond acceptors (Lipinski definition) is 2. The number of carboxylic acid groups (broad SMARTS) is 1. The van der Waals surface area contributed by atoms with Gasteiger partial charge in [0.05, 0.1) is 11.0 Å². The van der Waals surface area contributed by atoms with E-state index in [4.69, 9.17) is 5.11 Å². The summed E-state index contributed by atoms with van der Waals surface area (Å²) in [5, 5.41) is 8.69. The number of rotatable bonds is 2. The molecule has 0 spiro atoms. The Hall–Kier alpha value is -2.04. The molecule has 5 heteroatoms. The molecule has 2 aromatic rings. The number of nitrogens with zero attached hydrogens (tertiary/aromatic N) is 2. The molecule has 2 rings (SSSR count). The Kier molecular flexibility index (Phi) is 2.07. The molecule has 0 aliphatic heterocycles. The predicted octanol–water partition coefficient (Wildman–Crippen LogP) is 0.425. The SMILES string of the molecule is Cn1c(=O)n(CC(=O)O)c2ccccc21. The van der Waals surface area contributed by atoms with Crippen molar-refractivity contribution in [2.24, 2.45) is 7.05 Å². The first kappa shape index (κ1) is 9.51. The fourth-order valence-electron chi connectivity index (χ4n) is 1.65. The van der Waals surface area contributed by atoms with Crippen molar-refractivity contribution in [3.63, 3.8) is 0 Å². The minimum atomic E-state index is -1.02. The summed E-state index contributed by atoms with van der Waals surface area (Å²) in [6.07, 6.45) is 0. The molecule has 0 radical (unpaired) electrons. The molecule has 15 heavy (non-hydrogen) atoms. The third-order valence-electron chi connectivity index (χ3n) is 2.35. The number of aromatic nitrogens is 2. The van der Waals surface area contributed by atoms with E-state index >= 15 is 0 Å². The summed E-state index contributed by atoms with van der Waals surface area (Å²) in [5.41, 5.74) is 1.08. The zero-order valence-corrected chi connectivity index (χ0v) is 8.17. The maximum atomic E-state index is 11.7. The van der Waals surface area contributed by atoms with Crippen LogP contribution in [0.15, 0.2) is 29.1 Å². The van der Waals surface area contributed by atoms with Gasteiger partial charge in [0.1, 0.15) is 6.54 Å². The molecule has 0 aliphatic carbocycles. The number of benzene rings is 1. The predicted molar refractivity (Wildman–Crippen MR) is 54.8 cm³/mol. The molecule has 0 saturated carbocycles. The summed E-state index contributed by atoms with van der Waals surface area (Å²) >= 11 is 0. The number of aliphatic carboxylic acids is 1. The highest BCUT2D eigenvalue weighted by atomic mass is 16.4. The molecule has 0 saturated heterocycles. The lowest BCUT2D eigenvalue weighted by Crippen LogP contribution is -2.25. The quantitative estimate of drug-likeness (QED) is 0.774. The van der Waals surface area contributed by atoms with Gasteiger partial charge in [-0.1, -0.05) is 12.1 Å². The van der Waals surface area contributed by atoms with Crippen LogP contribution in [-0.2, 0) is 18.4 Å². The summed E-state index contributed by atoms with van der Waals surface area (Å²) in [6, 6.07) is 7.11. The van der Waals surface area contributed by atoms with Gasteiger partial charge in [-0.2, -0.15) is 0 Å². The first-order valence-electron chi connectivity index (χ1n) is 4.47. The molecule has 1 N–H and O–H groups in total. The number of imidazole rings is 1. The lowest BCUT2D eigenvalue weighted by atomic mass is 10.3. The van der Waals surface area contributed by atoms with E-state index < -0.39 is 5.97 Å². The summed E-state index contributed by atoms with van der Waals surface area (Å²) in [6.45, 7) is -0.305. The Morgan fingerprint density at radius 2 is 1.93 bits per heavy atom. The highest BCUT2D eigenvalue weighted by Crippen LogP contribution is 2.10. The van der Waals surface area contributed by atoms with E-state index in [1.54, 1.807) is 25.2 Å². The number of aryl methyl sites for hydroxylation is 1. The van der Waals surface area contributed by atoms with Gasteiger partial charge >= 0.3 is 11.7 Å². The Balaban J connectivity index is 2.78. The van der Waals surface area contributed by atoms with Crippen LogP contribution in [0.25, 0.3) is 11.0 Å². The smallest absolute Gasteiger partial charge is 0.329 e. The fourth-order valence-corrected chi connectivity index (χ4v) is 1.65. The average molecular weight is 206 g/mol. The van der Waals surface area contributed by atoms with Crippen molar-refractivity contribution < 1.29 is 9.90 Å².